The van der Waals surface area contributed by atoms with Crippen molar-refractivity contribution in [1.29, 1.82) is 0 Å². The summed E-state index contributed by atoms with van der Waals surface area (Å²) in [7, 11) is 0. The van der Waals surface area contributed by atoms with Crippen LogP contribution in [0.4, 0.5) is 0 Å². The molecule has 0 aromatic rings. The van der Waals surface area contributed by atoms with Crippen molar-refractivity contribution >= 4 is 11.9 Å². The van der Waals surface area contributed by atoms with Crippen LogP contribution in [-0.2, 0) is 14.3 Å². The third-order valence-corrected chi connectivity index (χ3v) is 16.7. The van der Waals surface area contributed by atoms with E-state index in [1.54, 1.807) is 0 Å². The summed E-state index contributed by atoms with van der Waals surface area (Å²) in [6.45, 7) is 4.96. The molecule has 6 nitrogen and oxygen atoms in total. The van der Waals surface area contributed by atoms with Gasteiger partial charge in [0.05, 0.1) is 25.4 Å². The number of allylic oxidation sites excluding steroid dienone is 6. The van der Waals surface area contributed by atoms with Gasteiger partial charge in [0, 0.05) is 12.8 Å². The summed E-state index contributed by atoms with van der Waals surface area (Å²) in [5.41, 5.74) is 0. The zero-order valence-corrected chi connectivity index (χ0v) is 53.4. The summed E-state index contributed by atoms with van der Waals surface area (Å²) in [6, 6.07) is -0.541. The van der Waals surface area contributed by atoms with Crippen molar-refractivity contribution in [3.63, 3.8) is 0 Å². The molecule has 0 heterocycles. The molecule has 79 heavy (non-hydrogen) atoms. The number of aliphatic hydroxyl groups excluding tert-OH is 2. The minimum atomic E-state index is -0.664. The zero-order valence-electron chi connectivity index (χ0n) is 53.4. The molecule has 3 N–H and O–H groups in total. The molecule has 0 fully saturated rings. The molecule has 0 bridgehead atoms. The van der Waals surface area contributed by atoms with Gasteiger partial charge in [-0.25, -0.2) is 0 Å². The van der Waals surface area contributed by atoms with Crippen molar-refractivity contribution < 1.29 is 24.5 Å². The fraction of sp³-hybridized carbons (Fsp3) is 0.890. The third kappa shape index (κ3) is 65.1. The first-order chi connectivity index (χ1) is 39.0. The van der Waals surface area contributed by atoms with Crippen LogP contribution in [0.3, 0.4) is 0 Å². The molecule has 0 aliphatic carbocycles. The van der Waals surface area contributed by atoms with Gasteiger partial charge in [0.25, 0.3) is 0 Å². The maximum absolute atomic E-state index is 12.5. The predicted octanol–water partition coefficient (Wildman–Crippen LogP) is 23.1. The normalized spacial score (nSPS) is 12.7. The summed E-state index contributed by atoms with van der Waals surface area (Å²) >= 11 is 0. The summed E-state index contributed by atoms with van der Waals surface area (Å²) in [6.07, 6.45) is 87.6. The molecule has 0 aliphatic heterocycles. The molecule has 466 valence electrons. The Morgan fingerprint density at radius 1 is 0.354 bits per heavy atom. The highest BCUT2D eigenvalue weighted by atomic mass is 16.5. The molecule has 0 rings (SSSR count). The number of hydrogen-bond donors (Lipinski definition) is 3. The van der Waals surface area contributed by atoms with E-state index < -0.39 is 12.1 Å². The van der Waals surface area contributed by atoms with Gasteiger partial charge in [0.1, 0.15) is 0 Å². The van der Waals surface area contributed by atoms with Gasteiger partial charge in [-0.3, -0.25) is 9.59 Å². The molecule has 0 saturated carbocycles. The number of rotatable bonds is 67. The standard InChI is InChI=1S/C73H139NO5/c1-3-5-7-9-11-13-15-17-19-34-39-43-47-51-55-59-63-67-73(78)79-68-64-60-56-52-48-44-40-36-33-31-29-27-25-23-21-22-24-26-28-30-32-35-38-42-46-50-54-58-62-66-72(77)74-70(69-75)71(76)65-61-57-53-49-45-41-37-20-18-16-14-12-10-8-6-4-2/h11,13,17,19,21,23,70-71,75-76H,3-10,12,14-16,18,20,22,24-69H2,1-2H3,(H,74,77)/b13-11-,19-17-,23-21-. The van der Waals surface area contributed by atoms with Crippen LogP contribution in [0.2, 0.25) is 0 Å². The number of nitrogens with one attached hydrogen (secondary N) is 1. The first-order valence-corrected chi connectivity index (χ1v) is 35.7. The first-order valence-electron chi connectivity index (χ1n) is 35.7. The van der Waals surface area contributed by atoms with Crippen molar-refractivity contribution in [3.05, 3.63) is 36.5 Å². The number of carbonyl (C=O) groups excluding carboxylic acids is 2. The average Bonchev–Trinajstić information content (AvgIpc) is 3.45. The van der Waals surface area contributed by atoms with Gasteiger partial charge in [-0.05, 0) is 83.5 Å². The van der Waals surface area contributed by atoms with E-state index in [9.17, 15) is 19.8 Å². The van der Waals surface area contributed by atoms with Gasteiger partial charge < -0.3 is 20.3 Å². The maximum atomic E-state index is 12.5. The number of carbonyl (C=O) groups is 2. The Labute approximate surface area is 494 Å². The van der Waals surface area contributed by atoms with Gasteiger partial charge in [-0.15, -0.1) is 0 Å². The van der Waals surface area contributed by atoms with Crippen LogP contribution in [0.1, 0.15) is 393 Å². The molecule has 0 radical (unpaired) electrons. The van der Waals surface area contributed by atoms with E-state index >= 15 is 0 Å². The van der Waals surface area contributed by atoms with Crippen LogP contribution in [-0.4, -0.2) is 47.4 Å². The van der Waals surface area contributed by atoms with Gasteiger partial charge in [-0.1, -0.05) is 333 Å². The Morgan fingerprint density at radius 3 is 1.00 bits per heavy atom. The molecule has 1 amide bonds. The average molecular weight is 1110 g/mol. The van der Waals surface area contributed by atoms with Crippen molar-refractivity contribution in [2.75, 3.05) is 13.2 Å². The van der Waals surface area contributed by atoms with Crippen LogP contribution < -0.4 is 5.32 Å². The van der Waals surface area contributed by atoms with Crippen LogP contribution in [0.15, 0.2) is 36.5 Å². The SMILES string of the molecule is CCCCC/C=C\C/C=C\CCCCCCCCCC(=O)OCCCCCCCCCCCCCC/C=C\CCCCCCCCCCCCCCCC(=O)NC(CO)C(O)CCCCCCCCCCCCCCCCCC. The quantitative estimate of drug-likeness (QED) is 0.0320. The van der Waals surface area contributed by atoms with Crippen LogP contribution >= 0.6 is 0 Å². The predicted molar refractivity (Wildman–Crippen MR) is 347 cm³/mol. The van der Waals surface area contributed by atoms with E-state index in [2.05, 4.69) is 55.6 Å². The molecule has 2 atom stereocenters. The molecule has 2 unspecified atom stereocenters. The Hall–Kier alpha value is -1.92. The lowest BCUT2D eigenvalue weighted by molar-refractivity contribution is -0.143. The second-order valence-electron chi connectivity index (χ2n) is 24.6. The smallest absolute Gasteiger partial charge is 0.305 e. The Balaban J connectivity index is 3.36. The molecular weight excluding hydrogens is 971 g/mol. The van der Waals surface area contributed by atoms with Gasteiger partial charge in [0.15, 0.2) is 0 Å². The fourth-order valence-corrected chi connectivity index (χ4v) is 11.2. The summed E-state index contributed by atoms with van der Waals surface area (Å²) in [5, 5.41) is 23.4. The monoisotopic (exact) mass is 1110 g/mol. The molecular formula is C73H139NO5. The number of amides is 1. The minimum absolute atomic E-state index is 0.00917. The summed E-state index contributed by atoms with van der Waals surface area (Å²) in [4.78, 5) is 24.6. The van der Waals surface area contributed by atoms with Crippen LogP contribution in [0.25, 0.3) is 0 Å². The van der Waals surface area contributed by atoms with Crippen molar-refractivity contribution in [2.24, 2.45) is 0 Å². The third-order valence-electron chi connectivity index (χ3n) is 16.7. The Bertz CT molecular complexity index is 1280. The van der Waals surface area contributed by atoms with Crippen molar-refractivity contribution in [1.82, 2.24) is 5.32 Å². The molecule has 0 aromatic heterocycles. The number of esters is 1. The molecule has 0 aliphatic rings. The number of ether oxygens (including phenoxy) is 1. The van der Waals surface area contributed by atoms with E-state index in [1.165, 1.54) is 308 Å². The first kappa shape index (κ1) is 77.1. The number of aliphatic hydroxyl groups is 2. The highest BCUT2D eigenvalue weighted by molar-refractivity contribution is 5.76. The maximum Gasteiger partial charge on any atom is 0.305 e. The van der Waals surface area contributed by atoms with Gasteiger partial charge in [0.2, 0.25) is 5.91 Å². The lowest BCUT2D eigenvalue weighted by Crippen LogP contribution is -2.45. The van der Waals surface area contributed by atoms with E-state index in [-0.39, 0.29) is 18.5 Å². The number of unbranched alkanes of at least 4 members (excludes halogenated alkanes) is 50. The van der Waals surface area contributed by atoms with Gasteiger partial charge in [-0.2, -0.15) is 0 Å². The van der Waals surface area contributed by atoms with Crippen LogP contribution in [0.5, 0.6) is 0 Å². The lowest BCUT2D eigenvalue weighted by Gasteiger charge is -2.22. The van der Waals surface area contributed by atoms with Gasteiger partial charge >= 0.3 is 5.97 Å². The van der Waals surface area contributed by atoms with Crippen LogP contribution in [0, 0.1) is 0 Å². The molecule has 0 aromatic carbocycles. The zero-order chi connectivity index (χ0) is 57.1. The Kier molecular flexibility index (Phi) is 66.9. The second kappa shape index (κ2) is 68.6. The van der Waals surface area contributed by atoms with E-state index in [0.29, 0.717) is 25.9 Å². The summed E-state index contributed by atoms with van der Waals surface area (Å²) in [5.74, 6) is -0.0221. The fourth-order valence-electron chi connectivity index (χ4n) is 11.2. The molecule has 6 heteroatoms. The highest BCUT2D eigenvalue weighted by Crippen LogP contribution is 2.19. The lowest BCUT2D eigenvalue weighted by atomic mass is 10.0. The van der Waals surface area contributed by atoms with E-state index in [0.717, 1.165) is 51.4 Å². The van der Waals surface area contributed by atoms with E-state index in [4.69, 9.17) is 4.74 Å². The molecule has 0 spiro atoms. The largest absolute Gasteiger partial charge is 0.466 e. The minimum Gasteiger partial charge on any atom is -0.466 e. The van der Waals surface area contributed by atoms with Crippen molar-refractivity contribution in [3.8, 4) is 0 Å². The number of hydrogen-bond acceptors (Lipinski definition) is 5. The topological polar surface area (TPSA) is 95.9 Å². The molecule has 0 saturated heterocycles. The van der Waals surface area contributed by atoms with Crippen molar-refractivity contribution in [2.45, 2.75) is 405 Å². The summed E-state index contributed by atoms with van der Waals surface area (Å²) < 4.78 is 5.50. The second-order valence-corrected chi connectivity index (χ2v) is 24.6. The van der Waals surface area contributed by atoms with E-state index in [1.807, 2.05) is 0 Å². The Morgan fingerprint density at radius 2 is 0.633 bits per heavy atom. The highest BCUT2D eigenvalue weighted by Gasteiger charge is 2.20.